The Morgan fingerprint density at radius 2 is 2.09 bits per heavy atom. The molecule has 0 saturated carbocycles. The average molecular weight is 316 g/mol. The summed E-state index contributed by atoms with van der Waals surface area (Å²) < 4.78 is 0. The predicted molar refractivity (Wildman–Crippen MR) is 98.8 cm³/mol. The average Bonchev–Trinajstić information content (AvgIpc) is 3.01. The van der Waals surface area contributed by atoms with Crippen LogP contribution in [0.4, 0.5) is 0 Å². The van der Waals surface area contributed by atoms with Crippen LogP contribution in [-0.2, 0) is 0 Å². The standard InChI is InChI=1S/C19H32N4/c1-4-12-23-13-11-17(15-23)14-21-19(20-5-2)22-16(3)18-9-7-6-8-10-18/h6-10,16-17H,4-5,11-15H2,1-3H3,(H2,20,21,22). The van der Waals surface area contributed by atoms with Gasteiger partial charge in [0.2, 0.25) is 0 Å². The van der Waals surface area contributed by atoms with Gasteiger partial charge in [-0.3, -0.25) is 4.99 Å². The van der Waals surface area contributed by atoms with Crippen molar-refractivity contribution in [1.82, 2.24) is 15.5 Å². The van der Waals surface area contributed by atoms with Crippen molar-refractivity contribution >= 4 is 5.96 Å². The lowest BCUT2D eigenvalue weighted by Gasteiger charge is -2.19. The fraction of sp³-hybridized carbons (Fsp3) is 0.632. The smallest absolute Gasteiger partial charge is 0.191 e. The van der Waals surface area contributed by atoms with E-state index in [0.29, 0.717) is 5.92 Å². The third-order valence-corrected chi connectivity index (χ3v) is 4.41. The Morgan fingerprint density at radius 1 is 1.30 bits per heavy atom. The molecular formula is C19H32N4. The van der Waals surface area contributed by atoms with Crippen LogP contribution >= 0.6 is 0 Å². The summed E-state index contributed by atoms with van der Waals surface area (Å²) in [6, 6.07) is 10.8. The van der Waals surface area contributed by atoms with Gasteiger partial charge in [0.05, 0.1) is 6.04 Å². The molecule has 1 aliphatic rings. The number of nitrogens with zero attached hydrogens (tertiary/aromatic N) is 2. The molecule has 2 rings (SSSR count). The van der Waals surface area contributed by atoms with E-state index in [1.807, 2.05) is 0 Å². The summed E-state index contributed by atoms with van der Waals surface area (Å²) in [5.74, 6) is 1.63. The van der Waals surface area contributed by atoms with Crippen molar-refractivity contribution in [1.29, 1.82) is 0 Å². The molecule has 4 nitrogen and oxygen atoms in total. The first-order valence-electron chi connectivity index (χ1n) is 9.05. The third-order valence-electron chi connectivity index (χ3n) is 4.41. The monoisotopic (exact) mass is 316 g/mol. The summed E-state index contributed by atoms with van der Waals surface area (Å²) in [5, 5.41) is 6.89. The van der Waals surface area contributed by atoms with E-state index in [1.54, 1.807) is 0 Å². The van der Waals surface area contributed by atoms with Crippen LogP contribution in [-0.4, -0.2) is 43.6 Å². The molecule has 1 fully saturated rings. The molecule has 23 heavy (non-hydrogen) atoms. The minimum atomic E-state index is 0.258. The second-order valence-corrected chi connectivity index (χ2v) is 6.45. The molecular weight excluding hydrogens is 284 g/mol. The highest BCUT2D eigenvalue weighted by Crippen LogP contribution is 2.16. The molecule has 0 radical (unpaired) electrons. The van der Waals surface area contributed by atoms with Crippen LogP contribution in [0.25, 0.3) is 0 Å². The summed E-state index contributed by atoms with van der Waals surface area (Å²) >= 11 is 0. The van der Waals surface area contributed by atoms with Crippen LogP contribution in [0.3, 0.4) is 0 Å². The molecule has 1 aromatic rings. The Balaban J connectivity index is 1.87. The van der Waals surface area contributed by atoms with Crippen LogP contribution in [0.2, 0.25) is 0 Å². The van der Waals surface area contributed by atoms with E-state index in [2.05, 4.69) is 66.6 Å². The molecule has 1 aliphatic heterocycles. The molecule has 2 N–H and O–H groups in total. The maximum absolute atomic E-state index is 4.82. The number of guanidine groups is 1. The zero-order valence-corrected chi connectivity index (χ0v) is 14.9. The van der Waals surface area contributed by atoms with Crippen molar-refractivity contribution in [2.45, 2.75) is 39.7 Å². The fourth-order valence-corrected chi connectivity index (χ4v) is 3.15. The van der Waals surface area contributed by atoms with E-state index in [1.165, 1.54) is 38.0 Å². The van der Waals surface area contributed by atoms with Gasteiger partial charge in [0.1, 0.15) is 0 Å². The van der Waals surface area contributed by atoms with E-state index >= 15 is 0 Å². The van der Waals surface area contributed by atoms with Crippen molar-refractivity contribution < 1.29 is 0 Å². The largest absolute Gasteiger partial charge is 0.357 e. The summed E-state index contributed by atoms with van der Waals surface area (Å²) in [4.78, 5) is 7.39. The number of nitrogens with one attached hydrogen (secondary N) is 2. The molecule has 2 unspecified atom stereocenters. The van der Waals surface area contributed by atoms with E-state index in [0.717, 1.165) is 19.0 Å². The second-order valence-electron chi connectivity index (χ2n) is 6.45. The summed E-state index contributed by atoms with van der Waals surface area (Å²) in [5.41, 5.74) is 1.29. The van der Waals surface area contributed by atoms with Gasteiger partial charge in [0.25, 0.3) is 0 Å². The van der Waals surface area contributed by atoms with Crippen LogP contribution in [0.1, 0.15) is 45.2 Å². The maximum Gasteiger partial charge on any atom is 0.191 e. The van der Waals surface area contributed by atoms with Crippen LogP contribution in [0.5, 0.6) is 0 Å². The van der Waals surface area contributed by atoms with E-state index < -0.39 is 0 Å². The lowest BCUT2D eigenvalue weighted by Crippen LogP contribution is -2.39. The topological polar surface area (TPSA) is 39.7 Å². The molecule has 0 aliphatic carbocycles. The van der Waals surface area contributed by atoms with Crippen molar-refractivity contribution in [3.8, 4) is 0 Å². The summed E-state index contributed by atoms with van der Waals surface area (Å²) in [7, 11) is 0. The molecule has 128 valence electrons. The lowest BCUT2D eigenvalue weighted by atomic mass is 10.1. The Bertz CT molecular complexity index is 472. The maximum atomic E-state index is 4.82. The first kappa shape index (κ1) is 17.8. The summed E-state index contributed by atoms with van der Waals surface area (Å²) in [6.07, 6.45) is 2.52. The number of aliphatic imine (C=N–C) groups is 1. The fourth-order valence-electron chi connectivity index (χ4n) is 3.15. The number of likely N-dealkylation sites (tertiary alicyclic amines) is 1. The van der Waals surface area contributed by atoms with Crippen molar-refractivity contribution in [3.63, 3.8) is 0 Å². The van der Waals surface area contributed by atoms with Crippen molar-refractivity contribution in [2.24, 2.45) is 10.9 Å². The Labute approximate surface area is 141 Å². The molecule has 0 aromatic heterocycles. The second kappa shape index (κ2) is 9.56. The number of benzene rings is 1. The summed E-state index contributed by atoms with van der Waals surface area (Å²) in [6.45, 7) is 12.0. The lowest BCUT2D eigenvalue weighted by molar-refractivity contribution is 0.326. The van der Waals surface area contributed by atoms with Gasteiger partial charge < -0.3 is 15.5 Å². The molecule has 0 amide bonds. The molecule has 2 atom stereocenters. The Morgan fingerprint density at radius 3 is 2.78 bits per heavy atom. The van der Waals surface area contributed by atoms with Crippen molar-refractivity contribution in [3.05, 3.63) is 35.9 Å². The Kier molecular flexibility index (Phi) is 7.40. The van der Waals surface area contributed by atoms with Gasteiger partial charge in [0.15, 0.2) is 5.96 Å². The molecule has 0 spiro atoms. The minimum absolute atomic E-state index is 0.258. The molecule has 4 heteroatoms. The Hall–Kier alpha value is -1.55. The molecule has 1 aromatic carbocycles. The molecule has 1 saturated heterocycles. The number of hydrogen-bond acceptors (Lipinski definition) is 2. The number of hydrogen-bond donors (Lipinski definition) is 2. The third kappa shape index (κ3) is 5.87. The number of rotatable bonds is 7. The van der Waals surface area contributed by atoms with Gasteiger partial charge in [-0.05, 0) is 51.3 Å². The van der Waals surface area contributed by atoms with E-state index in [9.17, 15) is 0 Å². The van der Waals surface area contributed by atoms with Crippen LogP contribution in [0, 0.1) is 5.92 Å². The highest BCUT2D eigenvalue weighted by Gasteiger charge is 2.21. The zero-order chi connectivity index (χ0) is 16.5. The van der Waals surface area contributed by atoms with Gasteiger partial charge in [-0.1, -0.05) is 37.3 Å². The van der Waals surface area contributed by atoms with Gasteiger partial charge in [-0.25, -0.2) is 0 Å². The van der Waals surface area contributed by atoms with Crippen LogP contribution in [0.15, 0.2) is 35.3 Å². The van der Waals surface area contributed by atoms with E-state index in [4.69, 9.17) is 4.99 Å². The minimum Gasteiger partial charge on any atom is -0.357 e. The molecule has 1 heterocycles. The zero-order valence-electron chi connectivity index (χ0n) is 14.9. The predicted octanol–water partition coefficient (Wildman–Crippen LogP) is 3.03. The SMILES string of the molecule is CCCN1CCC(CN=C(NCC)NC(C)c2ccccc2)C1. The highest BCUT2D eigenvalue weighted by atomic mass is 15.2. The highest BCUT2D eigenvalue weighted by molar-refractivity contribution is 5.80. The van der Waals surface area contributed by atoms with Crippen LogP contribution < -0.4 is 10.6 Å². The van der Waals surface area contributed by atoms with E-state index in [-0.39, 0.29) is 6.04 Å². The normalized spacial score (nSPS) is 20.5. The van der Waals surface area contributed by atoms with Gasteiger partial charge >= 0.3 is 0 Å². The van der Waals surface area contributed by atoms with Crippen molar-refractivity contribution in [2.75, 3.05) is 32.7 Å². The quantitative estimate of drug-likeness (QED) is 0.600. The first-order valence-corrected chi connectivity index (χ1v) is 9.05. The molecule has 0 bridgehead atoms. The first-order chi connectivity index (χ1) is 11.2. The van der Waals surface area contributed by atoms with Gasteiger partial charge in [-0.2, -0.15) is 0 Å². The van der Waals surface area contributed by atoms with Gasteiger partial charge in [0, 0.05) is 19.6 Å². The van der Waals surface area contributed by atoms with Gasteiger partial charge in [-0.15, -0.1) is 0 Å².